The summed E-state index contributed by atoms with van der Waals surface area (Å²) in [6.07, 6.45) is 2.99. The van der Waals surface area contributed by atoms with Crippen molar-refractivity contribution in [1.82, 2.24) is 4.98 Å². The number of aromatic nitrogens is 1. The van der Waals surface area contributed by atoms with Crippen LogP contribution in [0.3, 0.4) is 0 Å². The van der Waals surface area contributed by atoms with Crippen molar-refractivity contribution in [2.75, 3.05) is 0 Å². The molecule has 0 saturated carbocycles. The molecule has 3 aromatic heterocycles. The molecule has 0 aliphatic rings. The van der Waals surface area contributed by atoms with Crippen molar-refractivity contribution >= 4 is 16.9 Å². The molecular formula is C19H11NO5. The molecule has 0 unspecified atom stereocenters. The molecule has 6 heteroatoms. The number of hydrogen-bond donors (Lipinski definition) is 0. The van der Waals surface area contributed by atoms with Crippen molar-refractivity contribution in [3.05, 3.63) is 83.2 Å². The van der Waals surface area contributed by atoms with Crippen LogP contribution in [0.4, 0.5) is 0 Å². The van der Waals surface area contributed by atoms with Crippen LogP contribution in [0.5, 0.6) is 5.75 Å². The highest BCUT2D eigenvalue weighted by Crippen LogP contribution is 2.24. The fourth-order valence-electron chi connectivity index (χ4n) is 2.41. The third-order valence-electron chi connectivity index (χ3n) is 3.58. The number of rotatable bonds is 3. The first kappa shape index (κ1) is 14.9. The number of furan rings is 1. The zero-order chi connectivity index (χ0) is 17.2. The number of esters is 1. The Bertz CT molecular complexity index is 1100. The van der Waals surface area contributed by atoms with Gasteiger partial charge in [-0.2, -0.15) is 0 Å². The molecule has 0 atom stereocenters. The minimum atomic E-state index is -0.628. The number of hydrogen-bond acceptors (Lipinski definition) is 6. The molecule has 0 N–H and O–H groups in total. The highest BCUT2D eigenvalue weighted by Gasteiger charge is 2.13. The lowest BCUT2D eigenvalue weighted by atomic mass is 10.1. The van der Waals surface area contributed by atoms with Crippen molar-refractivity contribution in [1.29, 1.82) is 0 Å². The summed E-state index contributed by atoms with van der Waals surface area (Å²) in [5, 5.41) is 0.693. The Morgan fingerprint density at radius 3 is 2.72 bits per heavy atom. The maximum Gasteiger partial charge on any atom is 0.379 e. The number of fused-ring (bicyclic) bond motifs is 1. The number of carbonyl (C=O) groups is 1. The number of ether oxygens (including phenoxy) is 1. The third kappa shape index (κ3) is 2.92. The lowest BCUT2D eigenvalue weighted by Gasteiger charge is -2.05. The standard InChI is InChI=1S/C19H11NO5/c21-18-14(15-4-1-2-8-20-15)10-12-6-7-13(11-17(12)25-18)24-19(22)16-5-3-9-23-16/h1-11H. The van der Waals surface area contributed by atoms with Crippen LogP contribution >= 0.6 is 0 Å². The van der Waals surface area contributed by atoms with Crippen LogP contribution in [0.2, 0.25) is 0 Å². The lowest BCUT2D eigenvalue weighted by Crippen LogP contribution is -2.07. The van der Waals surface area contributed by atoms with Crippen molar-refractivity contribution in [2.24, 2.45) is 0 Å². The summed E-state index contributed by atoms with van der Waals surface area (Å²) >= 11 is 0. The molecule has 0 bridgehead atoms. The zero-order valence-electron chi connectivity index (χ0n) is 12.8. The number of nitrogens with zero attached hydrogens (tertiary/aromatic N) is 1. The van der Waals surface area contributed by atoms with Crippen LogP contribution in [-0.4, -0.2) is 11.0 Å². The van der Waals surface area contributed by atoms with Crippen molar-refractivity contribution < 1.29 is 18.4 Å². The molecule has 0 aliphatic heterocycles. The van der Waals surface area contributed by atoms with Gasteiger partial charge in [0, 0.05) is 17.6 Å². The maximum absolute atomic E-state index is 12.2. The second-order valence-corrected chi connectivity index (χ2v) is 5.23. The SMILES string of the molecule is O=C(Oc1ccc2cc(-c3ccccn3)c(=O)oc2c1)c1ccco1. The molecule has 122 valence electrons. The average Bonchev–Trinajstić information content (AvgIpc) is 3.16. The van der Waals surface area contributed by atoms with Crippen LogP contribution in [0.25, 0.3) is 22.2 Å². The maximum atomic E-state index is 12.2. The van der Waals surface area contributed by atoms with Gasteiger partial charge in [0.05, 0.1) is 17.5 Å². The van der Waals surface area contributed by atoms with Gasteiger partial charge in [-0.15, -0.1) is 0 Å². The fourth-order valence-corrected chi connectivity index (χ4v) is 2.41. The Balaban J connectivity index is 1.70. The van der Waals surface area contributed by atoms with Crippen molar-refractivity contribution in [3.8, 4) is 17.0 Å². The summed E-state index contributed by atoms with van der Waals surface area (Å²) in [5.41, 5.74) is 0.704. The van der Waals surface area contributed by atoms with Gasteiger partial charge >= 0.3 is 11.6 Å². The molecular weight excluding hydrogens is 322 g/mol. The van der Waals surface area contributed by atoms with E-state index in [0.717, 1.165) is 0 Å². The quantitative estimate of drug-likeness (QED) is 0.323. The van der Waals surface area contributed by atoms with Gasteiger partial charge in [0.25, 0.3) is 0 Å². The highest BCUT2D eigenvalue weighted by atomic mass is 16.5. The molecule has 25 heavy (non-hydrogen) atoms. The first-order valence-electron chi connectivity index (χ1n) is 7.46. The van der Waals surface area contributed by atoms with E-state index in [2.05, 4.69) is 4.98 Å². The number of benzene rings is 1. The van der Waals surface area contributed by atoms with E-state index >= 15 is 0 Å². The first-order valence-corrected chi connectivity index (χ1v) is 7.46. The predicted octanol–water partition coefficient (Wildman–Crippen LogP) is 3.67. The first-order chi connectivity index (χ1) is 12.2. The van der Waals surface area contributed by atoms with E-state index in [1.807, 2.05) is 0 Å². The van der Waals surface area contributed by atoms with Gasteiger partial charge in [0.1, 0.15) is 11.3 Å². The fraction of sp³-hybridized carbons (Fsp3) is 0. The Labute approximate surface area is 141 Å². The normalized spacial score (nSPS) is 10.7. The summed E-state index contributed by atoms with van der Waals surface area (Å²) in [6.45, 7) is 0. The largest absolute Gasteiger partial charge is 0.457 e. The topological polar surface area (TPSA) is 82.5 Å². The second-order valence-electron chi connectivity index (χ2n) is 5.23. The van der Waals surface area contributed by atoms with Crippen molar-refractivity contribution in [2.45, 2.75) is 0 Å². The summed E-state index contributed by atoms with van der Waals surface area (Å²) in [5.74, 6) is -0.286. The van der Waals surface area contributed by atoms with Gasteiger partial charge in [0.15, 0.2) is 0 Å². The smallest absolute Gasteiger partial charge is 0.379 e. The minimum Gasteiger partial charge on any atom is -0.457 e. The molecule has 0 amide bonds. The van der Waals surface area contributed by atoms with E-state index in [1.165, 1.54) is 18.4 Å². The second kappa shape index (κ2) is 6.09. The van der Waals surface area contributed by atoms with E-state index in [-0.39, 0.29) is 11.5 Å². The Kier molecular flexibility index (Phi) is 3.63. The number of pyridine rings is 1. The van der Waals surface area contributed by atoms with Gasteiger partial charge < -0.3 is 13.6 Å². The van der Waals surface area contributed by atoms with Crippen molar-refractivity contribution in [3.63, 3.8) is 0 Å². The van der Waals surface area contributed by atoms with E-state index < -0.39 is 11.6 Å². The minimum absolute atomic E-state index is 0.0899. The molecule has 1 aromatic carbocycles. The molecule has 0 radical (unpaired) electrons. The third-order valence-corrected chi connectivity index (χ3v) is 3.58. The highest BCUT2D eigenvalue weighted by molar-refractivity contribution is 5.89. The summed E-state index contributed by atoms with van der Waals surface area (Å²) in [4.78, 5) is 28.3. The molecule has 0 fully saturated rings. The van der Waals surface area contributed by atoms with Crippen LogP contribution in [0, 0.1) is 0 Å². The predicted molar refractivity (Wildman–Crippen MR) is 89.4 cm³/mol. The molecule has 6 nitrogen and oxygen atoms in total. The van der Waals surface area contributed by atoms with Gasteiger partial charge in [-0.05, 0) is 42.5 Å². The molecule has 4 aromatic rings. The Morgan fingerprint density at radius 2 is 1.96 bits per heavy atom. The van der Waals surface area contributed by atoms with Crippen LogP contribution in [0.15, 0.2) is 80.7 Å². The van der Waals surface area contributed by atoms with Crippen LogP contribution < -0.4 is 10.4 Å². The summed E-state index contributed by atoms with van der Waals surface area (Å²) in [7, 11) is 0. The van der Waals surface area contributed by atoms with Gasteiger partial charge in [0.2, 0.25) is 5.76 Å². The van der Waals surface area contributed by atoms with Gasteiger partial charge in [-0.1, -0.05) is 6.07 Å². The monoisotopic (exact) mass is 333 g/mol. The van der Waals surface area contributed by atoms with E-state index in [4.69, 9.17) is 13.6 Å². The molecule has 3 heterocycles. The van der Waals surface area contributed by atoms with Crippen LogP contribution in [0.1, 0.15) is 10.6 Å². The van der Waals surface area contributed by atoms with Crippen LogP contribution in [-0.2, 0) is 0 Å². The van der Waals surface area contributed by atoms with Gasteiger partial charge in [-0.3, -0.25) is 4.98 Å². The molecule has 0 saturated heterocycles. The van der Waals surface area contributed by atoms with E-state index in [1.54, 1.807) is 48.7 Å². The van der Waals surface area contributed by atoms with E-state index in [9.17, 15) is 9.59 Å². The summed E-state index contributed by atoms with van der Waals surface area (Å²) < 4.78 is 15.5. The molecule has 4 rings (SSSR count). The van der Waals surface area contributed by atoms with E-state index in [0.29, 0.717) is 22.2 Å². The average molecular weight is 333 g/mol. The molecule has 0 spiro atoms. The number of carbonyl (C=O) groups excluding carboxylic acids is 1. The summed E-state index contributed by atoms with van der Waals surface area (Å²) in [6, 6.07) is 14.9. The van der Waals surface area contributed by atoms with Gasteiger partial charge in [-0.25, -0.2) is 9.59 Å². The Hall–Kier alpha value is -3.67. The lowest BCUT2D eigenvalue weighted by molar-refractivity contribution is 0.0701. The Morgan fingerprint density at radius 1 is 1.04 bits per heavy atom. The zero-order valence-corrected chi connectivity index (χ0v) is 12.8. The molecule has 0 aliphatic carbocycles.